The fourth-order valence-electron chi connectivity index (χ4n) is 3.62. The van der Waals surface area contributed by atoms with Crippen molar-refractivity contribution in [1.82, 2.24) is 4.98 Å². The fourth-order valence-corrected chi connectivity index (χ4v) is 5.07. The number of sulfone groups is 1. The summed E-state index contributed by atoms with van der Waals surface area (Å²) in [7, 11) is -3.73. The molecule has 1 aliphatic heterocycles. The lowest BCUT2D eigenvalue weighted by molar-refractivity contribution is 0.437. The molecule has 0 bridgehead atoms. The molecular weight excluding hydrogens is 363 g/mol. The molecule has 2 aromatic carbocycles. The van der Waals surface area contributed by atoms with Gasteiger partial charge in [-0.2, -0.15) is 0 Å². The maximum Gasteiger partial charge on any atom is 0.210 e. The lowest BCUT2D eigenvalue weighted by atomic mass is 9.98. The minimum atomic E-state index is -3.73. The first-order valence-corrected chi connectivity index (χ1v) is 10.6. The molecule has 27 heavy (non-hydrogen) atoms. The normalized spacial score (nSPS) is 16.0. The number of aromatic nitrogens is 1. The van der Waals surface area contributed by atoms with Gasteiger partial charge in [-0.25, -0.2) is 12.8 Å². The molecule has 1 aliphatic rings. The van der Waals surface area contributed by atoms with E-state index in [1.807, 2.05) is 0 Å². The SMILES string of the molecule is CC1CCN(c2c(S(=O)(=O)c3ccccc3)cnc3cc(F)ccc23)CC1. The van der Waals surface area contributed by atoms with Gasteiger partial charge in [0.1, 0.15) is 10.7 Å². The minimum Gasteiger partial charge on any atom is -0.370 e. The van der Waals surface area contributed by atoms with Gasteiger partial charge in [0.15, 0.2) is 0 Å². The first-order chi connectivity index (χ1) is 13.0. The number of pyridine rings is 1. The van der Waals surface area contributed by atoms with E-state index in [1.165, 1.54) is 18.3 Å². The molecule has 4 rings (SSSR count). The Hall–Kier alpha value is -2.47. The van der Waals surface area contributed by atoms with Crippen LogP contribution in [-0.2, 0) is 9.84 Å². The minimum absolute atomic E-state index is 0.183. The zero-order valence-corrected chi connectivity index (χ0v) is 15.9. The summed E-state index contributed by atoms with van der Waals surface area (Å²) in [4.78, 5) is 6.79. The summed E-state index contributed by atoms with van der Waals surface area (Å²) in [6, 6.07) is 12.7. The predicted molar refractivity (Wildman–Crippen MR) is 104 cm³/mol. The Morgan fingerprint density at radius 2 is 1.78 bits per heavy atom. The fraction of sp³-hybridized carbons (Fsp3) is 0.286. The van der Waals surface area contributed by atoms with Crippen LogP contribution in [0.4, 0.5) is 10.1 Å². The molecule has 1 fully saturated rings. The van der Waals surface area contributed by atoms with Crippen LogP contribution < -0.4 is 4.90 Å². The van der Waals surface area contributed by atoms with Gasteiger partial charge in [-0.15, -0.1) is 0 Å². The zero-order chi connectivity index (χ0) is 19.0. The number of benzene rings is 2. The average molecular weight is 384 g/mol. The lowest BCUT2D eigenvalue weighted by Crippen LogP contribution is -2.34. The molecule has 4 nitrogen and oxygen atoms in total. The van der Waals surface area contributed by atoms with E-state index in [9.17, 15) is 12.8 Å². The highest BCUT2D eigenvalue weighted by atomic mass is 32.2. The molecule has 0 saturated carbocycles. The van der Waals surface area contributed by atoms with Crippen molar-refractivity contribution in [1.29, 1.82) is 0 Å². The summed E-state index contributed by atoms with van der Waals surface area (Å²) in [5, 5.41) is 0.669. The Morgan fingerprint density at radius 3 is 2.48 bits per heavy atom. The van der Waals surface area contributed by atoms with Gasteiger partial charge in [-0.1, -0.05) is 25.1 Å². The van der Waals surface area contributed by atoms with Crippen LogP contribution in [0.2, 0.25) is 0 Å². The van der Waals surface area contributed by atoms with E-state index in [2.05, 4.69) is 16.8 Å². The van der Waals surface area contributed by atoms with Crippen molar-refractivity contribution in [2.75, 3.05) is 18.0 Å². The molecule has 1 aromatic heterocycles. The summed E-state index contributed by atoms with van der Waals surface area (Å²) >= 11 is 0. The Labute approximate surface area is 158 Å². The van der Waals surface area contributed by atoms with E-state index in [1.54, 1.807) is 36.4 Å². The molecule has 0 atom stereocenters. The van der Waals surface area contributed by atoms with Crippen molar-refractivity contribution >= 4 is 26.4 Å². The van der Waals surface area contributed by atoms with Crippen molar-refractivity contribution in [2.45, 2.75) is 29.6 Å². The van der Waals surface area contributed by atoms with Gasteiger partial charge in [0.05, 0.1) is 16.1 Å². The van der Waals surface area contributed by atoms with Gasteiger partial charge in [-0.3, -0.25) is 4.98 Å². The largest absolute Gasteiger partial charge is 0.370 e. The molecule has 0 aliphatic carbocycles. The number of piperidine rings is 1. The molecule has 1 saturated heterocycles. The third kappa shape index (κ3) is 3.30. The average Bonchev–Trinajstić information content (AvgIpc) is 2.68. The lowest BCUT2D eigenvalue weighted by Gasteiger charge is -2.34. The number of halogens is 1. The van der Waals surface area contributed by atoms with Crippen LogP contribution in [0.15, 0.2) is 64.5 Å². The van der Waals surface area contributed by atoms with E-state index in [4.69, 9.17) is 0 Å². The molecule has 0 N–H and O–H groups in total. The first kappa shape index (κ1) is 17.9. The van der Waals surface area contributed by atoms with Crippen LogP contribution >= 0.6 is 0 Å². The highest BCUT2D eigenvalue weighted by molar-refractivity contribution is 7.91. The second kappa shape index (κ2) is 6.93. The van der Waals surface area contributed by atoms with Crippen molar-refractivity contribution in [3.8, 4) is 0 Å². The van der Waals surface area contributed by atoms with Gasteiger partial charge in [-0.05, 0) is 43.0 Å². The highest BCUT2D eigenvalue weighted by Gasteiger charge is 2.28. The smallest absolute Gasteiger partial charge is 0.210 e. The number of anilines is 1. The standard InChI is InChI=1S/C21H21FN2O2S/c1-15-9-11-24(12-10-15)21-18-8-7-16(22)13-19(18)23-14-20(21)27(25,26)17-5-3-2-4-6-17/h2-8,13-15H,9-12H2,1H3. The van der Waals surface area contributed by atoms with Crippen LogP contribution in [-0.4, -0.2) is 26.5 Å². The highest BCUT2D eigenvalue weighted by Crippen LogP contribution is 2.37. The van der Waals surface area contributed by atoms with E-state index in [-0.39, 0.29) is 15.6 Å². The Balaban J connectivity index is 1.95. The maximum atomic E-state index is 13.7. The first-order valence-electron chi connectivity index (χ1n) is 9.10. The zero-order valence-electron chi connectivity index (χ0n) is 15.1. The number of fused-ring (bicyclic) bond motifs is 1. The van der Waals surface area contributed by atoms with Gasteiger partial charge in [0, 0.05) is 30.7 Å². The van der Waals surface area contributed by atoms with Crippen molar-refractivity contribution in [3.05, 3.63) is 60.5 Å². The van der Waals surface area contributed by atoms with Crippen LogP contribution in [0.25, 0.3) is 10.9 Å². The molecule has 3 aromatic rings. The predicted octanol–water partition coefficient (Wildman–Crippen LogP) is 4.44. The molecular formula is C21H21FN2O2S. The number of rotatable bonds is 3. The molecule has 140 valence electrons. The van der Waals surface area contributed by atoms with Crippen LogP contribution in [0.3, 0.4) is 0 Å². The summed E-state index contributed by atoms with van der Waals surface area (Å²) in [5.74, 6) is 0.229. The Bertz CT molecular complexity index is 1080. The van der Waals surface area contributed by atoms with Gasteiger partial charge in [0.2, 0.25) is 9.84 Å². The molecule has 0 spiro atoms. The molecule has 2 heterocycles. The Morgan fingerprint density at radius 1 is 1.07 bits per heavy atom. The summed E-state index contributed by atoms with van der Waals surface area (Å²) < 4.78 is 40.4. The molecule has 0 radical (unpaired) electrons. The van der Waals surface area contributed by atoms with E-state index in [0.717, 1.165) is 25.9 Å². The van der Waals surface area contributed by atoms with Crippen molar-refractivity contribution in [3.63, 3.8) is 0 Å². The van der Waals surface area contributed by atoms with Crippen LogP contribution in [0, 0.1) is 11.7 Å². The number of hydrogen-bond donors (Lipinski definition) is 0. The van der Waals surface area contributed by atoms with Gasteiger partial charge < -0.3 is 4.90 Å². The third-order valence-corrected chi connectivity index (χ3v) is 6.98. The summed E-state index contributed by atoms with van der Waals surface area (Å²) in [6.07, 6.45) is 3.36. The maximum absolute atomic E-state index is 13.7. The number of nitrogens with zero attached hydrogens (tertiary/aromatic N) is 2. The summed E-state index contributed by atoms with van der Waals surface area (Å²) in [5.41, 5.74) is 1.10. The molecule has 0 unspecified atom stereocenters. The quantitative estimate of drug-likeness (QED) is 0.670. The Kier molecular flexibility index (Phi) is 4.60. The second-order valence-electron chi connectivity index (χ2n) is 7.12. The van der Waals surface area contributed by atoms with Crippen LogP contribution in [0.5, 0.6) is 0 Å². The van der Waals surface area contributed by atoms with E-state index >= 15 is 0 Å². The number of hydrogen-bond acceptors (Lipinski definition) is 4. The van der Waals surface area contributed by atoms with Gasteiger partial charge >= 0.3 is 0 Å². The molecule has 6 heteroatoms. The van der Waals surface area contributed by atoms with Crippen LogP contribution in [0.1, 0.15) is 19.8 Å². The topological polar surface area (TPSA) is 50.3 Å². The van der Waals surface area contributed by atoms with Crippen molar-refractivity contribution < 1.29 is 12.8 Å². The third-order valence-electron chi connectivity index (χ3n) is 5.21. The van der Waals surface area contributed by atoms with E-state index in [0.29, 0.717) is 22.5 Å². The van der Waals surface area contributed by atoms with Crippen molar-refractivity contribution in [2.24, 2.45) is 5.92 Å². The monoisotopic (exact) mass is 384 g/mol. The molecule has 0 amide bonds. The van der Waals surface area contributed by atoms with Gasteiger partial charge in [0.25, 0.3) is 0 Å². The second-order valence-corrected chi connectivity index (χ2v) is 9.04. The van der Waals surface area contributed by atoms with E-state index < -0.39 is 9.84 Å². The summed E-state index contributed by atoms with van der Waals surface area (Å²) in [6.45, 7) is 3.75.